The molecule has 0 aliphatic heterocycles. The Morgan fingerprint density at radius 2 is 1.14 bits per heavy atom. The Morgan fingerprint density at radius 1 is 0.714 bits per heavy atom. The number of hydrogen-bond donors (Lipinski definition) is 0. The summed E-state index contributed by atoms with van der Waals surface area (Å²) in [6.07, 6.45) is 16.9. The second kappa shape index (κ2) is 12.7. The van der Waals surface area contributed by atoms with Crippen LogP contribution in [0.25, 0.3) is 0 Å². The molecule has 0 heteroatoms. The molecule has 83 valence electrons. The van der Waals surface area contributed by atoms with E-state index in [2.05, 4.69) is 6.92 Å². The van der Waals surface area contributed by atoms with E-state index in [9.17, 15) is 0 Å². The average molecular weight is 195 g/mol. The molecule has 0 fully saturated rings. The van der Waals surface area contributed by atoms with Gasteiger partial charge in [-0.05, 0) is 12.8 Å². The zero-order valence-electron chi connectivity index (χ0n) is 9.93. The summed E-state index contributed by atoms with van der Waals surface area (Å²) in [7, 11) is 0. The van der Waals surface area contributed by atoms with Crippen molar-refractivity contribution < 1.29 is 0 Å². The first-order valence-electron chi connectivity index (χ1n) is 6.45. The highest BCUT2D eigenvalue weighted by molar-refractivity contribution is 4.61. The largest absolute Gasteiger partial charge is 0.0845 e. The Balaban J connectivity index is 2.81. The minimum absolute atomic E-state index is 1.09. The maximum absolute atomic E-state index is 5.31. The van der Waals surface area contributed by atoms with Gasteiger partial charge in [0.2, 0.25) is 0 Å². The molecule has 0 unspecified atom stereocenters. The van der Waals surface area contributed by atoms with Crippen molar-refractivity contribution in [2.45, 2.75) is 77.6 Å². The van der Waals surface area contributed by atoms with Crippen LogP contribution in [0, 0.1) is 6.58 Å². The van der Waals surface area contributed by atoms with Crippen LogP contribution in [0.15, 0.2) is 6.08 Å². The van der Waals surface area contributed by atoms with Crippen molar-refractivity contribution in [1.82, 2.24) is 0 Å². The second-order valence-corrected chi connectivity index (χ2v) is 4.21. The Labute approximate surface area is 90.8 Å². The molecule has 0 aromatic rings. The molecule has 0 nitrogen and oxygen atoms in total. The first-order valence-corrected chi connectivity index (χ1v) is 6.45. The Kier molecular flexibility index (Phi) is 12.5. The van der Waals surface area contributed by atoms with Gasteiger partial charge in [-0.15, -0.1) is 0 Å². The third kappa shape index (κ3) is 11.7. The van der Waals surface area contributed by atoms with E-state index < -0.39 is 0 Å². The van der Waals surface area contributed by atoms with Gasteiger partial charge in [-0.25, -0.2) is 0 Å². The van der Waals surface area contributed by atoms with Gasteiger partial charge in [-0.2, -0.15) is 0 Å². The van der Waals surface area contributed by atoms with Crippen molar-refractivity contribution in [2.24, 2.45) is 0 Å². The zero-order chi connectivity index (χ0) is 10.5. The summed E-state index contributed by atoms with van der Waals surface area (Å²) >= 11 is 0. The highest BCUT2D eigenvalue weighted by atomic mass is 14.0. The molecule has 0 saturated heterocycles. The molecule has 0 heterocycles. The van der Waals surface area contributed by atoms with Crippen molar-refractivity contribution in [1.29, 1.82) is 0 Å². The first kappa shape index (κ1) is 13.7. The van der Waals surface area contributed by atoms with Gasteiger partial charge in [0, 0.05) is 0 Å². The van der Waals surface area contributed by atoms with Crippen LogP contribution in [0.4, 0.5) is 0 Å². The van der Waals surface area contributed by atoms with Crippen LogP contribution in [0.2, 0.25) is 0 Å². The monoisotopic (exact) mass is 195 g/mol. The fourth-order valence-electron chi connectivity index (χ4n) is 1.75. The number of hydrogen-bond acceptors (Lipinski definition) is 0. The van der Waals surface area contributed by atoms with Crippen LogP contribution in [-0.2, 0) is 0 Å². The molecule has 14 heavy (non-hydrogen) atoms. The lowest BCUT2D eigenvalue weighted by Crippen LogP contribution is -1.81. The summed E-state index contributed by atoms with van der Waals surface area (Å²) < 4.78 is 0. The maximum Gasteiger partial charge on any atom is -0.0348 e. The molecule has 0 aromatic carbocycles. The first-order chi connectivity index (χ1) is 6.91. The van der Waals surface area contributed by atoms with Crippen LogP contribution in [-0.4, -0.2) is 0 Å². The van der Waals surface area contributed by atoms with Gasteiger partial charge in [0.25, 0.3) is 0 Å². The lowest BCUT2D eigenvalue weighted by Gasteiger charge is -2.00. The fraction of sp³-hybridized carbons (Fsp3) is 0.857. The molecule has 0 bridgehead atoms. The summed E-state index contributed by atoms with van der Waals surface area (Å²) in [5, 5.41) is 0. The Morgan fingerprint density at radius 3 is 1.57 bits per heavy atom. The van der Waals surface area contributed by atoms with Crippen molar-refractivity contribution in [3.8, 4) is 0 Å². The van der Waals surface area contributed by atoms with Crippen LogP contribution in [0.5, 0.6) is 0 Å². The van der Waals surface area contributed by atoms with Gasteiger partial charge in [0.15, 0.2) is 0 Å². The highest BCUT2D eigenvalue weighted by Gasteiger charge is 1.91. The summed E-state index contributed by atoms with van der Waals surface area (Å²) in [6.45, 7) is 7.58. The molecule has 0 rings (SSSR count). The second-order valence-electron chi connectivity index (χ2n) is 4.21. The summed E-state index contributed by atoms with van der Waals surface area (Å²) in [4.78, 5) is 0. The molecule has 0 saturated carbocycles. The molecule has 0 spiro atoms. The van der Waals surface area contributed by atoms with Gasteiger partial charge in [0.1, 0.15) is 0 Å². The topological polar surface area (TPSA) is 0 Å². The number of allylic oxidation sites excluding steroid dienone is 1. The molecule has 0 aliphatic rings. The molecule has 1 radical (unpaired) electrons. The minimum Gasteiger partial charge on any atom is -0.0845 e. The highest BCUT2D eigenvalue weighted by Crippen LogP contribution is 2.11. The molecule has 0 amide bonds. The van der Waals surface area contributed by atoms with Gasteiger partial charge >= 0.3 is 0 Å². The van der Waals surface area contributed by atoms with Gasteiger partial charge in [-0.3, -0.25) is 0 Å². The smallest absolute Gasteiger partial charge is 0.0348 e. The van der Waals surface area contributed by atoms with E-state index in [4.69, 9.17) is 6.58 Å². The van der Waals surface area contributed by atoms with E-state index in [1.807, 2.05) is 0 Å². The quantitative estimate of drug-likeness (QED) is 0.393. The van der Waals surface area contributed by atoms with Gasteiger partial charge < -0.3 is 0 Å². The fourth-order valence-corrected chi connectivity index (χ4v) is 1.75. The average Bonchev–Trinajstić information content (AvgIpc) is 2.21. The van der Waals surface area contributed by atoms with E-state index in [0.717, 1.165) is 6.42 Å². The lowest BCUT2D eigenvalue weighted by atomic mass is 10.1. The number of unbranched alkanes of at least 4 members (excludes halogenated alkanes) is 10. The lowest BCUT2D eigenvalue weighted by molar-refractivity contribution is 0.557. The third-order valence-corrected chi connectivity index (χ3v) is 2.72. The minimum atomic E-state index is 1.09. The molecule has 0 atom stereocenters. The van der Waals surface area contributed by atoms with Crippen molar-refractivity contribution >= 4 is 0 Å². The van der Waals surface area contributed by atoms with E-state index in [1.165, 1.54) is 64.2 Å². The third-order valence-electron chi connectivity index (χ3n) is 2.72. The molecular formula is C14H27. The van der Waals surface area contributed by atoms with Gasteiger partial charge in [0.05, 0.1) is 0 Å². The van der Waals surface area contributed by atoms with Crippen molar-refractivity contribution in [3.05, 3.63) is 12.7 Å². The van der Waals surface area contributed by atoms with Crippen LogP contribution < -0.4 is 0 Å². The van der Waals surface area contributed by atoms with Crippen molar-refractivity contribution in [3.63, 3.8) is 0 Å². The molecular weight excluding hydrogens is 168 g/mol. The molecule has 0 aromatic heterocycles. The van der Waals surface area contributed by atoms with E-state index in [0.29, 0.717) is 0 Å². The summed E-state index contributed by atoms with van der Waals surface area (Å²) in [5.41, 5.74) is 0. The maximum atomic E-state index is 5.31. The van der Waals surface area contributed by atoms with Crippen molar-refractivity contribution in [2.75, 3.05) is 0 Å². The van der Waals surface area contributed by atoms with E-state index in [-0.39, 0.29) is 0 Å². The predicted octanol–water partition coefficient (Wildman–Crippen LogP) is 5.29. The van der Waals surface area contributed by atoms with Crippen LogP contribution in [0.1, 0.15) is 77.6 Å². The van der Waals surface area contributed by atoms with Gasteiger partial charge in [-0.1, -0.05) is 77.4 Å². The predicted molar refractivity (Wildman–Crippen MR) is 65.3 cm³/mol. The standard InChI is InChI=1S/C14H27/c1-3-5-7-9-11-13-14-12-10-8-6-4-2/h1,3H,4-14H2,2H3. The SMILES string of the molecule is [CH]=CCCCCCCCCCCCC. The summed E-state index contributed by atoms with van der Waals surface area (Å²) in [6, 6.07) is 0. The van der Waals surface area contributed by atoms with Crippen LogP contribution in [0.3, 0.4) is 0 Å². The van der Waals surface area contributed by atoms with E-state index in [1.54, 1.807) is 6.08 Å². The zero-order valence-corrected chi connectivity index (χ0v) is 9.93. The van der Waals surface area contributed by atoms with Crippen LogP contribution >= 0.6 is 0 Å². The normalized spacial score (nSPS) is 10.4. The Bertz CT molecular complexity index is 105. The summed E-state index contributed by atoms with van der Waals surface area (Å²) in [5.74, 6) is 0. The molecule has 0 N–H and O–H groups in total. The molecule has 0 aliphatic carbocycles. The number of rotatable bonds is 11. The Hall–Kier alpha value is -0.260. The van der Waals surface area contributed by atoms with E-state index >= 15 is 0 Å².